The maximum atomic E-state index is 11.9. The van der Waals surface area contributed by atoms with Crippen molar-refractivity contribution in [2.24, 2.45) is 0 Å². The number of nitrogens with zero attached hydrogens (tertiary/aromatic N) is 2. The summed E-state index contributed by atoms with van der Waals surface area (Å²) in [4.78, 5) is 20.6. The van der Waals surface area contributed by atoms with Crippen LogP contribution in [-0.4, -0.2) is 45.6 Å². The summed E-state index contributed by atoms with van der Waals surface area (Å²) >= 11 is 5.96. The van der Waals surface area contributed by atoms with Gasteiger partial charge in [0.15, 0.2) is 6.29 Å². The van der Waals surface area contributed by atoms with Crippen LogP contribution < -0.4 is 9.47 Å². The van der Waals surface area contributed by atoms with Gasteiger partial charge in [0, 0.05) is 11.6 Å². The summed E-state index contributed by atoms with van der Waals surface area (Å²) in [5.74, 6) is 0.00336. The molecule has 8 nitrogen and oxygen atoms in total. The summed E-state index contributed by atoms with van der Waals surface area (Å²) in [6.45, 7) is 7.08. The first-order valence-electron chi connectivity index (χ1n) is 10.1. The van der Waals surface area contributed by atoms with Gasteiger partial charge < -0.3 is 24.1 Å². The predicted octanol–water partition coefficient (Wildman–Crippen LogP) is 5.09. The first kappa shape index (κ1) is 23.7. The zero-order valence-electron chi connectivity index (χ0n) is 18.2. The third-order valence-corrected chi connectivity index (χ3v) is 5.09. The maximum absolute atomic E-state index is 11.9. The normalized spacial score (nSPS) is 15.0. The van der Waals surface area contributed by atoms with Crippen LogP contribution in [0, 0.1) is 0 Å². The Bertz CT molecular complexity index is 1080. The standard InChI is InChI=1S/C23H25ClN2O6/c1-5-29-15(3)30-14(2)23(4,22(27)28)32-18-9-7-17(8-10-18)31-21-13-25-20-12-16(24)6-11-19(20)26-21/h6-15H,5H2,1-4H3,(H,27,28). The molecule has 1 N–H and O–H groups in total. The largest absolute Gasteiger partial charge is 0.478 e. The molecule has 0 spiro atoms. The van der Waals surface area contributed by atoms with E-state index in [4.69, 9.17) is 30.5 Å². The Morgan fingerprint density at radius 1 is 1.12 bits per heavy atom. The van der Waals surface area contributed by atoms with Gasteiger partial charge in [-0.25, -0.2) is 14.8 Å². The Balaban J connectivity index is 1.71. The number of hydrogen-bond donors (Lipinski definition) is 1. The summed E-state index contributed by atoms with van der Waals surface area (Å²) in [6, 6.07) is 11.7. The van der Waals surface area contributed by atoms with Crippen LogP contribution in [0.15, 0.2) is 48.7 Å². The number of benzene rings is 2. The topological polar surface area (TPSA) is 100 Å². The highest BCUT2D eigenvalue weighted by Crippen LogP contribution is 2.28. The fourth-order valence-electron chi connectivity index (χ4n) is 2.95. The Labute approximate surface area is 191 Å². The van der Waals surface area contributed by atoms with Gasteiger partial charge in [0.1, 0.15) is 17.6 Å². The minimum atomic E-state index is -1.63. The molecule has 170 valence electrons. The predicted molar refractivity (Wildman–Crippen MR) is 119 cm³/mol. The molecule has 0 saturated heterocycles. The van der Waals surface area contributed by atoms with E-state index in [0.29, 0.717) is 40.0 Å². The monoisotopic (exact) mass is 460 g/mol. The summed E-state index contributed by atoms with van der Waals surface area (Å²) in [5, 5.41) is 10.3. The third-order valence-electron chi connectivity index (χ3n) is 4.86. The van der Waals surface area contributed by atoms with Crippen LogP contribution >= 0.6 is 11.6 Å². The molecule has 3 unspecified atom stereocenters. The number of fused-ring (bicyclic) bond motifs is 1. The Hall–Kier alpha value is -2.94. The Kier molecular flexibility index (Phi) is 7.50. The van der Waals surface area contributed by atoms with E-state index in [1.54, 1.807) is 56.3 Å². The van der Waals surface area contributed by atoms with Gasteiger partial charge in [0.2, 0.25) is 11.5 Å². The van der Waals surface area contributed by atoms with E-state index in [-0.39, 0.29) is 0 Å². The first-order valence-corrected chi connectivity index (χ1v) is 10.5. The lowest BCUT2D eigenvalue weighted by Gasteiger charge is -2.33. The molecule has 0 amide bonds. The number of aliphatic carboxylic acids is 1. The molecule has 0 aliphatic heterocycles. The second kappa shape index (κ2) is 10.1. The van der Waals surface area contributed by atoms with Gasteiger partial charge in [0.05, 0.1) is 17.2 Å². The summed E-state index contributed by atoms with van der Waals surface area (Å²) < 4.78 is 22.6. The summed E-state index contributed by atoms with van der Waals surface area (Å²) in [7, 11) is 0. The van der Waals surface area contributed by atoms with Crippen LogP contribution in [0.25, 0.3) is 11.0 Å². The molecule has 0 aliphatic rings. The number of hydrogen-bond acceptors (Lipinski definition) is 7. The first-order chi connectivity index (χ1) is 15.2. The molecule has 9 heteroatoms. The molecule has 3 atom stereocenters. The van der Waals surface area contributed by atoms with Gasteiger partial charge >= 0.3 is 5.97 Å². The molecule has 0 bridgehead atoms. The zero-order chi connectivity index (χ0) is 23.3. The average Bonchev–Trinajstić information content (AvgIpc) is 2.75. The van der Waals surface area contributed by atoms with Gasteiger partial charge in [-0.2, -0.15) is 0 Å². The van der Waals surface area contributed by atoms with Gasteiger partial charge in [-0.1, -0.05) is 11.6 Å². The Morgan fingerprint density at radius 3 is 2.47 bits per heavy atom. The quantitative estimate of drug-likeness (QED) is 0.418. The zero-order valence-corrected chi connectivity index (χ0v) is 19.0. The van der Waals surface area contributed by atoms with Crippen molar-refractivity contribution in [3.63, 3.8) is 0 Å². The van der Waals surface area contributed by atoms with E-state index in [1.807, 2.05) is 6.92 Å². The lowest BCUT2D eigenvalue weighted by molar-refractivity contribution is -0.202. The van der Waals surface area contributed by atoms with E-state index in [0.717, 1.165) is 0 Å². The van der Waals surface area contributed by atoms with Crippen LogP contribution in [0.4, 0.5) is 0 Å². The lowest BCUT2D eigenvalue weighted by atomic mass is 10.00. The summed E-state index contributed by atoms with van der Waals surface area (Å²) in [6.07, 6.45) is 0.161. The minimum absolute atomic E-state index is 0.316. The molecule has 3 aromatic rings. The molecule has 1 heterocycles. The number of rotatable bonds is 10. The number of halogens is 1. The van der Waals surface area contributed by atoms with Crippen molar-refractivity contribution >= 4 is 28.6 Å². The van der Waals surface area contributed by atoms with Crippen LogP contribution in [-0.2, 0) is 14.3 Å². The van der Waals surface area contributed by atoms with Crippen molar-refractivity contribution < 1.29 is 28.8 Å². The van der Waals surface area contributed by atoms with Crippen molar-refractivity contribution in [2.45, 2.75) is 45.7 Å². The maximum Gasteiger partial charge on any atom is 0.350 e. The number of carboxylic acid groups (broad SMARTS) is 1. The van der Waals surface area contributed by atoms with Crippen LogP contribution in [0.2, 0.25) is 5.02 Å². The Morgan fingerprint density at radius 2 is 1.81 bits per heavy atom. The van der Waals surface area contributed by atoms with Crippen molar-refractivity contribution in [1.82, 2.24) is 9.97 Å². The molecular formula is C23H25ClN2O6. The second-order valence-electron chi connectivity index (χ2n) is 7.23. The van der Waals surface area contributed by atoms with Crippen LogP contribution in [0.5, 0.6) is 17.4 Å². The molecule has 0 radical (unpaired) electrons. The molecule has 0 saturated carbocycles. The van der Waals surface area contributed by atoms with E-state index in [2.05, 4.69) is 9.97 Å². The summed E-state index contributed by atoms with van der Waals surface area (Å²) in [5.41, 5.74) is -0.311. The second-order valence-corrected chi connectivity index (χ2v) is 7.67. The molecule has 0 aliphatic carbocycles. The minimum Gasteiger partial charge on any atom is -0.478 e. The molecular weight excluding hydrogens is 436 g/mol. The highest BCUT2D eigenvalue weighted by atomic mass is 35.5. The fraction of sp³-hybridized carbons (Fsp3) is 0.348. The van der Waals surface area contributed by atoms with E-state index >= 15 is 0 Å². The van der Waals surface area contributed by atoms with Crippen molar-refractivity contribution in [3.8, 4) is 17.4 Å². The van der Waals surface area contributed by atoms with Crippen molar-refractivity contribution in [2.75, 3.05) is 6.61 Å². The molecule has 1 aromatic heterocycles. The van der Waals surface area contributed by atoms with Crippen LogP contribution in [0.3, 0.4) is 0 Å². The number of carboxylic acids is 1. The smallest absolute Gasteiger partial charge is 0.350 e. The van der Waals surface area contributed by atoms with Crippen molar-refractivity contribution in [3.05, 3.63) is 53.7 Å². The van der Waals surface area contributed by atoms with Crippen LogP contribution in [0.1, 0.15) is 27.7 Å². The highest BCUT2D eigenvalue weighted by molar-refractivity contribution is 6.31. The number of carbonyl (C=O) groups is 1. The third kappa shape index (κ3) is 5.64. The van der Waals surface area contributed by atoms with E-state index in [9.17, 15) is 9.90 Å². The SMILES string of the molecule is CCOC(C)OC(C)C(C)(Oc1ccc(Oc2cnc3cc(Cl)ccc3n2)cc1)C(=O)O. The average molecular weight is 461 g/mol. The van der Waals surface area contributed by atoms with E-state index < -0.39 is 24.0 Å². The number of aromatic nitrogens is 2. The fourth-order valence-corrected chi connectivity index (χ4v) is 3.12. The van der Waals surface area contributed by atoms with Gasteiger partial charge in [-0.3, -0.25) is 0 Å². The molecule has 0 fully saturated rings. The van der Waals surface area contributed by atoms with Crippen molar-refractivity contribution in [1.29, 1.82) is 0 Å². The molecule has 2 aromatic carbocycles. The van der Waals surface area contributed by atoms with Gasteiger partial charge in [0.25, 0.3) is 0 Å². The highest BCUT2D eigenvalue weighted by Gasteiger charge is 2.43. The molecule has 32 heavy (non-hydrogen) atoms. The molecule has 3 rings (SSSR count). The van der Waals surface area contributed by atoms with Gasteiger partial charge in [-0.15, -0.1) is 0 Å². The lowest BCUT2D eigenvalue weighted by Crippen LogP contribution is -2.52. The van der Waals surface area contributed by atoms with E-state index in [1.165, 1.54) is 13.1 Å². The van der Waals surface area contributed by atoms with Gasteiger partial charge in [-0.05, 0) is 70.2 Å². The number of ether oxygens (including phenoxy) is 4.